The van der Waals surface area contributed by atoms with Crippen molar-refractivity contribution in [1.29, 1.82) is 0 Å². The molecule has 33 heavy (non-hydrogen) atoms. The molecule has 0 N–H and O–H groups in total. The molecule has 0 saturated heterocycles. The van der Waals surface area contributed by atoms with Gasteiger partial charge in [-0.25, -0.2) is 9.18 Å². The van der Waals surface area contributed by atoms with E-state index in [9.17, 15) is 9.59 Å². The molecule has 0 fully saturated rings. The van der Waals surface area contributed by atoms with Crippen molar-refractivity contribution in [2.24, 2.45) is 0 Å². The third kappa shape index (κ3) is 6.07. The molecule has 0 unspecified atom stereocenters. The van der Waals surface area contributed by atoms with E-state index in [-0.39, 0.29) is 18.3 Å². The first-order chi connectivity index (χ1) is 15.8. The van der Waals surface area contributed by atoms with Crippen LogP contribution in [0.2, 0.25) is 0 Å². The Labute approximate surface area is 193 Å². The molecular formula is C27H27FN2O3. The number of rotatable bonds is 7. The van der Waals surface area contributed by atoms with E-state index in [1.165, 1.54) is 31.1 Å². The zero-order valence-corrected chi connectivity index (χ0v) is 19.2. The monoisotopic (exact) mass is 446 g/mol. The first-order valence-corrected chi connectivity index (χ1v) is 10.5. The van der Waals surface area contributed by atoms with Crippen LogP contribution in [0.25, 0.3) is 17.2 Å². The summed E-state index contributed by atoms with van der Waals surface area (Å²) >= 11 is 0. The van der Waals surface area contributed by atoms with Gasteiger partial charge in [0, 0.05) is 44.0 Å². The summed E-state index contributed by atoms with van der Waals surface area (Å²) in [6.45, 7) is 1.53. The number of carbonyl (C=O) groups excluding carboxylic acids is 2. The maximum Gasteiger partial charge on any atom is 0.330 e. The summed E-state index contributed by atoms with van der Waals surface area (Å²) in [5, 5.41) is 0. The quantitative estimate of drug-likeness (QED) is 0.365. The van der Waals surface area contributed by atoms with Crippen molar-refractivity contribution < 1.29 is 18.7 Å². The lowest BCUT2D eigenvalue weighted by molar-refractivity contribution is -0.134. The van der Waals surface area contributed by atoms with Gasteiger partial charge in [-0.15, -0.1) is 0 Å². The van der Waals surface area contributed by atoms with Crippen LogP contribution in [-0.2, 0) is 20.9 Å². The Bertz CT molecular complexity index is 1170. The van der Waals surface area contributed by atoms with Crippen LogP contribution in [0.1, 0.15) is 18.1 Å². The lowest BCUT2D eigenvalue weighted by Crippen LogP contribution is -2.28. The molecule has 3 aromatic rings. The fourth-order valence-corrected chi connectivity index (χ4v) is 3.39. The van der Waals surface area contributed by atoms with Crippen LogP contribution in [0.15, 0.2) is 72.8 Å². The van der Waals surface area contributed by atoms with E-state index in [1.54, 1.807) is 36.4 Å². The minimum absolute atomic E-state index is 0.0885. The third-order valence-corrected chi connectivity index (χ3v) is 5.27. The number of halogens is 1. The Morgan fingerprint density at radius 1 is 0.939 bits per heavy atom. The van der Waals surface area contributed by atoms with Crippen LogP contribution in [0.4, 0.5) is 15.8 Å². The molecule has 0 aromatic heterocycles. The number of amides is 1. The molecule has 0 aliphatic rings. The first kappa shape index (κ1) is 23.7. The van der Waals surface area contributed by atoms with Crippen LogP contribution in [-0.4, -0.2) is 33.1 Å². The summed E-state index contributed by atoms with van der Waals surface area (Å²) in [7, 11) is 5.24. The van der Waals surface area contributed by atoms with Gasteiger partial charge in [-0.05, 0) is 53.1 Å². The van der Waals surface area contributed by atoms with Crippen LogP contribution in [0, 0.1) is 5.82 Å². The summed E-state index contributed by atoms with van der Waals surface area (Å²) < 4.78 is 19.6. The van der Waals surface area contributed by atoms with Crippen molar-refractivity contribution in [2.75, 3.05) is 31.0 Å². The molecule has 0 heterocycles. The van der Waals surface area contributed by atoms with E-state index in [1.807, 2.05) is 49.3 Å². The fraction of sp³-hybridized carbons (Fsp3) is 0.185. The highest BCUT2D eigenvalue weighted by Gasteiger charge is 2.15. The van der Waals surface area contributed by atoms with Gasteiger partial charge in [0.2, 0.25) is 5.91 Å². The number of anilines is 2. The summed E-state index contributed by atoms with van der Waals surface area (Å²) in [5.74, 6) is -1.06. The highest BCUT2D eigenvalue weighted by molar-refractivity contribution is 5.92. The molecule has 3 rings (SSSR count). The maximum absolute atomic E-state index is 15.0. The maximum atomic E-state index is 15.0. The van der Waals surface area contributed by atoms with Crippen molar-refractivity contribution in [3.05, 3.63) is 89.8 Å². The van der Waals surface area contributed by atoms with E-state index in [0.29, 0.717) is 11.3 Å². The molecule has 170 valence electrons. The number of carbonyl (C=O) groups is 2. The van der Waals surface area contributed by atoms with Crippen molar-refractivity contribution in [3.8, 4) is 11.1 Å². The molecule has 0 bridgehead atoms. The highest BCUT2D eigenvalue weighted by Crippen LogP contribution is 2.26. The Kier molecular flexibility index (Phi) is 7.61. The van der Waals surface area contributed by atoms with Crippen LogP contribution >= 0.6 is 0 Å². The van der Waals surface area contributed by atoms with Crippen LogP contribution < -0.4 is 9.80 Å². The minimum atomic E-state index is -0.470. The summed E-state index contributed by atoms with van der Waals surface area (Å²) in [6.07, 6.45) is 2.91. The van der Waals surface area contributed by atoms with Gasteiger partial charge in [0.05, 0.1) is 13.7 Å². The molecule has 0 radical (unpaired) electrons. The Morgan fingerprint density at radius 3 is 2.24 bits per heavy atom. The highest BCUT2D eigenvalue weighted by atomic mass is 19.1. The first-order valence-electron chi connectivity index (χ1n) is 10.5. The predicted octanol–water partition coefficient (Wildman–Crippen LogP) is 5.30. The lowest BCUT2D eigenvalue weighted by atomic mass is 10.0. The van der Waals surface area contributed by atoms with Crippen LogP contribution in [0.3, 0.4) is 0 Å². The molecule has 0 aliphatic carbocycles. The Balaban J connectivity index is 1.83. The van der Waals surface area contributed by atoms with Gasteiger partial charge in [-0.3, -0.25) is 4.79 Å². The Morgan fingerprint density at radius 2 is 1.64 bits per heavy atom. The zero-order chi connectivity index (χ0) is 24.0. The zero-order valence-electron chi connectivity index (χ0n) is 19.2. The van der Waals surface area contributed by atoms with E-state index < -0.39 is 5.97 Å². The van der Waals surface area contributed by atoms with E-state index in [0.717, 1.165) is 22.4 Å². The molecule has 1 amide bonds. The number of hydrogen-bond acceptors (Lipinski definition) is 4. The third-order valence-electron chi connectivity index (χ3n) is 5.27. The van der Waals surface area contributed by atoms with Gasteiger partial charge < -0.3 is 14.5 Å². The lowest BCUT2D eigenvalue weighted by Gasteiger charge is -2.22. The second-order valence-corrected chi connectivity index (χ2v) is 7.80. The van der Waals surface area contributed by atoms with Gasteiger partial charge in [0.15, 0.2) is 0 Å². The van der Waals surface area contributed by atoms with Crippen LogP contribution in [0.5, 0.6) is 0 Å². The largest absolute Gasteiger partial charge is 0.466 e. The van der Waals surface area contributed by atoms with Crippen molar-refractivity contribution in [3.63, 3.8) is 0 Å². The Hall–Kier alpha value is -3.93. The minimum Gasteiger partial charge on any atom is -0.466 e. The summed E-state index contributed by atoms with van der Waals surface area (Å²) in [4.78, 5) is 27.2. The number of nitrogens with zero attached hydrogens (tertiary/aromatic N) is 2. The normalized spacial score (nSPS) is 10.8. The van der Waals surface area contributed by atoms with Crippen molar-refractivity contribution in [2.45, 2.75) is 13.5 Å². The SMILES string of the molecule is COC(=O)/C=C/c1cccc(N(Cc2ccc(-c3ccc(N(C)C)cc3)cc2F)C(C)=O)c1. The number of methoxy groups -OCH3 is 1. The smallest absolute Gasteiger partial charge is 0.330 e. The molecule has 0 aliphatic heterocycles. The topological polar surface area (TPSA) is 49.9 Å². The molecule has 0 atom stereocenters. The fourth-order valence-electron chi connectivity index (χ4n) is 3.39. The van der Waals surface area contributed by atoms with E-state index in [4.69, 9.17) is 0 Å². The number of benzene rings is 3. The van der Waals surface area contributed by atoms with Gasteiger partial charge in [-0.1, -0.05) is 36.4 Å². The van der Waals surface area contributed by atoms with E-state index >= 15 is 4.39 Å². The van der Waals surface area contributed by atoms with Gasteiger partial charge >= 0.3 is 5.97 Å². The van der Waals surface area contributed by atoms with Gasteiger partial charge in [-0.2, -0.15) is 0 Å². The summed E-state index contributed by atoms with van der Waals surface area (Å²) in [5.41, 5.74) is 4.50. The van der Waals surface area contributed by atoms with Crippen molar-refractivity contribution >= 4 is 29.3 Å². The van der Waals surface area contributed by atoms with E-state index in [2.05, 4.69) is 4.74 Å². The number of ether oxygens (including phenoxy) is 1. The standard InChI is InChI=1S/C27H27FN2O3/c1-19(31)30(25-7-5-6-20(16-25)8-15-27(32)33-4)18-23-10-9-22(17-26(23)28)21-11-13-24(14-12-21)29(2)3/h5-17H,18H2,1-4H3/b15-8+. The second kappa shape index (κ2) is 10.6. The second-order valence-electron chi connectivity index (χ2n) is 7.80. The van der Waals surface area contributed by atoms with Gasteiger partial charge in [0.25, 0.3) is 0 Å². The molecular weight excluding hydrogens is 419 g/mol. The molecule has 3 aromatic carbocycles. The molecule has 0 saturated carbocycles. The molecule has 0 spiro atoms. The average molecular weight is 447 g/mol. The number of esters is 1. The predicted molar refractivity (Wildman–Crippen MR) is 131 cm³/mol. The summed E-state index contributed by atoms with van der Waals surface area (Å²) in [6, 6.07) is 20.1. The average Bonchev–Trinajstić information content (AvgIpc) is 2.81. The van der Waals surface area contributed by atoms with Crippen molar-refractivity contribution in [1.82, 2.24) is 0 Å². The molecule has 5 nitrogen and oxygen atoms in total. The molecule has 6 heteroatoms. The number of hydrogen-bond donors (Lipinski definition) is 0. The van der Waals surface area contributed by atoms with Gasteiger partial charge in [0.1, 0.15) is 5.82 Å².